The minimum absolute atomic E-state index is 0.0285. The molecule has 3 N–H and O–H groups in total. The van der Waals surface area contributed by atoms with Crippen molar-refractivity contribution in [1.82, 2.24) is 10.6 Å². The third kappa shape index (κ3) is 2.68. The Balaban J connectivity index is 1.61. The number of carboxylic acid groups (broad SMARTS) is 1. The number of rotatable bonds is 4. The van der Waals surface area contributed by atoms with Crippen molar-refractivity contribution in [3.63, 3.8) is 0 Å². The summed E-state index contributed by atoms with van der Waals surface area (Å²) in [7, 11) is 0. The maximum Gasteiger partial charge on any atom is 0.326 e. The zero-order valence-electron chi connectivity index (χ0n) is 11.8. The third-order valence-electron chi connectivity index (χ3n) is 5.32. The predicted molar refractivity (Wildman–Crippen MR) is 74.2 cm³/mol. The fourth-order valence-corrected chi connectivity index (χ4v) is 4.22. The number of carbonyl (C=O) groups is 2. The van der Waals surface area contributed by atoms with Gasteiger partial charge in [-0.05, 0) is 38.0 Å². The summed E-state index contributed by atoms with van der Waals surface area (Å²) in [6.45, 7) is 0. The highest BCUT2D eigenvalue weighted by molar-refractivity contribution is 5.86. The molecule has 1 aliphatic carbocycles. The number of hydrogen-bond acceptors (Lipinski definition) is 3. The summed E-state index contributed by atoms with van der Waals surface area (Å²) < 4.78 is 0. The van der Waals surface area contributed by atoms with E-state index in [0.29, 0.717) is 6.04 Å². The van der Waals surface area contributed by atoms with E-state index in [1.54, 1.807) is 0 Å². The summed E-state index contributed by atoms with van der Waals surface area (Å²) in [5.74, 6) is -0.847. The van der Waals surface area contributed by atoms with Crippen LogP contribution >= 0.6 is 0 Å². The van der Waals surface area contributed by atoms with Gasteiger partial charge in [-0.15, -0.1) is 0 Å². The number of hydrogen-bond donors (Lipinski definition) is 3. The first kappa shape index (κ1) is 13.9. The Bertz CT molecular complexity index is 393. The standard InChI is InChI=1S/C15H24N2O3/c18-14(11-8-10-6-7-12(11)16-10)17-13(15(19)20)9-4-2-1-3-5-9/h9-13,16H,1-8H2,(H,17,18)(H,19,20). The number of amides is 1. The van der Waals surface area contributed by atoms with Crippen LogP contribution in [-0.4, -0.2) is 35.1 Å². The summed E-state index contributed by atoms with van der Waals surface area (Å²) in [5, 5.41) is 15.7. The molecule has 2 saturated heterocycles. The molecular weight excluding hydrogens is 256 g/mol. The van der Waals surface area contributed by atoms with E-state index in [0.717, 1.165) is 44.9 Å². The summed E-state index contributed by atoms with van der Waals surface area (Å²) >= 11 is 0. The van der Waals surface area contributed by atoms with Crippen LogP contribution in [0.2, 0.25) is 0 Å². The lowest BCUT2D eigenvalue weighted by atomic mass is 9.83. The second-order valence-electron chi connectivity index (χ2n) is 6.61. The summed E-state index contributed by atoms with van der Waals surface area (Å²) in [6.07, 6.45) is 8.27. The molecule has 5 heteroatoms. The Labute approximate surface area is 119 Å². The van der Waals surface area contributed by atoms with E-state index in [1.807, 2.05) is 0 Å². The first-order chi connectivity index (χ1) is 9.65. The van der Waals surface area contributed by atoms with Gasteiger partial charge in [0, 0.05) is 12.1 Å². The Morgan fingerprint density at radius 1 is 1.10 bits per heavy atom. The zero-order chi connectivity index (χ0) is 14.1. The van der Waals surface area contributed by atoms with Crippen LogP contribution in [0.1, 0.15) is 51.4 Å². The van der Waals surface area contributed by atoms with Crippen molar-refractivity contribution in [3.8, 4) is 0 Å². The largest absolute Gasteiger partial charge is 0.480 e. The van der Waals surface area contributed by atoms with Gasteiger partial charge >= 0.3 is 5.97 Å². The van der Waals surface area contributed by atoms with Crippen molar-refractivity contribution in [2.24, 2.45) is 11.8 Å². The van der Waals surface area contributed by atoms with Gasteiger partial charge in [-0.3, -0.25) is 4.79 Å². The first-order valence-corrected chi connectivity index (χ1v) is 7.94. The third-order valence-corrected chi connectivity index (χ3v) is 5.32. The van der Waals surface area contributed by atoms with E-state index in [2.05, 4.69) is 10.6 Å². The molecule has 2 bridgehead atoms. The minimum atomic E-state index is -0.874. The lowest BCUT2D eigenvalue weighted by molar-refractivity contribution is -0.144. The molecule has 1 amide bonds. The number of nitrogens with one attached hydrogen (secondary N) is 2. The van der Waals surface area contributed by atoms with E-state index >= 15 is 0 Å². The van der Waals surface area contributed by atoms with Crippen LogP contribution in [0, 0.1) is 11.8 Å². The van der Waals surface area contributed by atoms with Crippen molar-refractivity contribution in [3.05, 3.63) is 0 Å². The van der Waals surface area contributed by atoms with Crippen molar-refractivity contribution in [2.75, 3.05) is 0 Å². The summed E-state index contributed by atoms with van der Waals surface area (Å²) in [4.78, 5) is 23.9. The normalized spacial score (nSPS) is 34.9. The molecule has 5 nitrogen and oxygen atoms in total. The van der Waals surface area contributed by atoms with E-state index in [9.17, 15) is 14.7 Å². The molecule has 4 unspecified atom stereocenters. The highest BCUT2D eigenvalue weighted by atomic mass is 16.4. The molecule has 0 aromatic rings. The number of carbonyl (C=O) groups excluding carboxylic acids is 1. The van der Waals surface area contributed by atoms with Gasteiger partial charge in [0.2, 0.25) is 5.91 Å². The first-order valence-electron chi connectivity index (χ1n) is 7.94. The molecule has 3 fully saturated rings. The van der Waals surface area contributed by atoms with Gasteiger partial charge in [0.25, 0.3) is 0 Å². The number of fused-ring (bicyclic) bond motifs is 2. The molecule has 0 radical (unpaired) electrons. The molecule has 4 atom stereocenters. The topological polar surface area (TPSA) is 78.4 Å². The van der Waals surface area contributed by atoms with Crippen molar-refractivity contribution in [2.45, 2.75) is 69.5 Å². The summed E-state index contributed by atoms with van der Waals surface area (Å²) in [6, 6.07) is 0.0384. The molecule has 20 heavy (non-hydrogen) atoms. The second-order valence-corrected chi connectivity index (χ2v) is 6.61. The molecule has 1 saturated carbocycles. The molecule has 112 valence electrons. The Kier molecular flexibility index (Phi) is 3.96. The quantitative estimate of drug-likeness (QED) is 0.725. The molecule has 2 heterocycles. The monoisotopic (exact) mass is 280 g/mol. The molecule has 0 aromatic heterocycles. The molecular formula is C15H24N2O3. The van der Waals surface area contributed by atoms with E-state index in [1.165, 1.54) is 6.42 Å². The highest BCUT2D eigenvalue weighted by Gasteiger charge is 2.44. The van der Waals surface area contributed by atoms with Crippen LogP contribution in [0.25, 0.3) is 0 Å². The lowest BCUT2D eigenvalue weighted by Crippen LogP contribution is -2.50. The van der Waals surface area contributed by atoms with Crippen LogP contribution in [0.3, 0.4) is 0 Å². The lowest BCUT2D eigenvalue weighted by Gasteiger charge is -2.29. The SMILES string of the molecule is O=C(NC(C(=O)O)C1CCCCC1)C1CC2CCC1N2. The molecule has 0 spiro atoms. The average molecular weight is 280 g/mol. The van der Waals surface area contributed by atoms with Gasteiger partial charge < -0.3 is 15.7 Å². The van der Waals surface area contributed by atoms with Gasteiger partial charge in [0.05, 0.1) is 5.92 Å². The minimum Gasteiger partial charge on any atom is -0.480 e. The number of aliphatic carboxylic acids is 1. The summed E-state index contributed by atoms with van der Waals surface area (Å²) in [5.41, 5.74) is 0. The van der Waals surface area contributed by atoms with E-state index in [-0.39, 0.29) is 23.8 Å². The average Bonchev–Trinajstić information content (AvgIpc) is 3.07. The Hall–Kier alpha value is -1.10. The van der Waals surface area contributed by atoms with Crippen LogP contribution < -0.4 is 10.6 Å². The van der Waals surface area contributed by atoms with Gasteiger partial charge in [0.1, 0.15) is 6.04 Å². The zero-order valence-corrected chi connectivity index (χ0v) is 11.8. The second kappa shape index (κ2) is 5.72. The van der Waals surface area contributed by atoms with Crippen LogP contribution in [-0.2, 0) is 9.59 Å². The van der Waals surface area contributed by atoms with Crippen molar-refractivity contribution >= 4 is 11.9 Å². The van der Waals surface area contributed by atoms with E-state index in [4.69, 9.17) is 0 Å². The Morgan fingerprint density at radius 3 is 2.40 bits per heavy atom. The smallest absolute Gasteiger partial charge is 0.326 e. The molecule has 3 rings (SSSR count). The van der Waals surface area contributed by atoms with Gasteiger partial charge in [-0.1, -0.05) is 19.3 Å². The van der Waals surface area contributed by atoms with Gasteiger partial charge in [0.15, 0.2) is 0 Å². The number of carboxylic acids is 1. The van der Waals surface area contributed by atoms with Gasteiger partial charge in [-0.25, -0.2) is 4.79 Å². The van der Waals surface area contributed by atoms with Crippen LogP contribution in [0.15, 0.2) is 0 Å². The van der Waals surface area contributed by atoms with Crippen LogP contribution in [0.4, 0.5) is 0 Å². The molecule has 2 aliphatic heterocycles. The highest BCUT2D eigenvalue weighted by Crippen LogP contribution is 2.34. The predicted octanol–water partition coefficient (Wildman–Crippen LogP) is 1.28. The van der Waals surface area contributed by atoms with Gasteiger partial charge in [-0.2, -0.15) is 0 Å². The fourth-order valence-electron chi connectivity index (χ4n) is 4.22. The molecule has 3 aliphatic rings. The Morgan fingerprint density at radius 2 is 1.85 bits per heavy atom. The van der Waals surface area contributed by atoms with Crippen molar-refractivity contribution < 1.29 is 14.7 Å². The maximum atomic E-state index is 12.4. The molecule has 0 aromatic carbocycles. The van der Waals surface area contributed by atoms with Crippen LogP contribution in [0.5, 0.6) is 0 Å². The van der Waals surface area contributed by atoms with Crippen molar-refractivity contribution in [1.29, 1.82) is 0 Å². The fraction of sp³-hybridized carbons (Fsp3) is 0.867. The van der Waals surface area contributed by atoms with E-state index < -0.39 is 12.0 Å². The maximum absolute atomic E-state index is 12.4.